The minimum absolute atomic E-state index is 0. The third-order valence-corrected chi connectivity index (χ3v) is 1.80. The smallest absolute Gasteiger partial charge is 0.226 e. The Kier molecular flexibility index (Phi) is 9.29. The van der Waals surface area contributed by atoms with E-state index >= 15 is 0 Å². The quantitative estimate of drug-likeness (QED) is 0.427. The van der Waals surface area contributed by atoms with Crippen molar-refractivity contribution >= 4 is 17.8 Å². The van der Waals surface area contributed by atoms with E-state index in [0.717, 1.165) is 0 Å². The van der Waals surface area contributed by atoms with E-state index in [-0.39, 0.29) is 34.9 Å². The summed E-state index contributed by atoms with van der Waals surface area (Å²) in [6.07, 6.45) is 0. The summed E-state index contributed by atoms with van der Waals surface area (Å²) in [5.74, 6) is 0.125. The van der Waals surface area contributed by atoms with Gasteiger partial charge in [0.15, 0.2) is 0 Å². The second kappa shape index (κ2) is 10.5. The molecule has 0 saturated heterocycles. The molecule has 0 aliphatic rings. The molecule has 3 aromatic rings. The van der Waals surface area contributed by atoms with Crippen LogP contribution in [0.4, 0.5) is 17.8 Å². The van der Waals surface area contributed by atoms with Crippen LogP contribution in [0.5, 0.6) is 0 Å². The third kappa shape index (κ3) is 8.68. The van der Waals surface area contributed by atoms with Gasteiger partial charge in [-0.1, -0.05) is 0 Å². The molecule has 112 valence electrons. The van der Waals surface area contributed by atoms with Gasteiger partial charge in [0.2, 0.25) is 17.8 Å². The van der Waals surface area contributed by atoms with Crippen molar-refractivity contribution in [3.8, 4) is 0 Å². The first-order valence-electron chi connectivity index (χ1n) is 5.54. The molecule has 6 nitrogen and oxygen atoms in total. The molecule has 0 fully saturated rings. The van der Waals surface area contributed by atoms with Gasteiger partial charge in [0.25, 0.3) is 0 Å². The SMILES string of the molecule is Nc1nc(N)nc(N)n1.[Fe].[cH-]1[cH-][cH-][cH-][cH-]1.c1cc[cH-]c1. The number of rotatable bonds is 0. The molecular formula is C13H16FeN6-6. The van der Waals surface area contributed by atoms with E-state index in [9.17, 15) is 0 Å². The molecule has 0 amide bonds. The van der Waals surface area contributed by atoms with Gasteiger partial charge in [0.1, 0.15) is 0 Å². The number of nitrogens with zero attached hydrogens (tertiary/aromatic N) is 3. The fraction of sp³-hybridized carbons (Fsp3) is 0. The van der Waals surface area contributed by atoms with Crippen LogP contribution in [-0.2, 0) is 17.1 Å². The Labute approximate surface area is 128 Å². The molecular weight excluding hydrogens is 296 g/mol. The van der Waals surface area contributed by atoms with E-state index in [2.05, 4.69) is 15.0 Å². The van der Waals surface area contributed by atoms with E-state index in [4.69, 9.17) is 17.2 Å². The largest absolute Gasteiger partial charge is 0.748 e. The van der Waals surface area contributed by atoms with Crippen LogP contribution in [0.15, 0.2) is 60.7 Å². The van der Waals surface area contributed by atoms with E-state index in [1.54, 1.807) is 0 Å². The average molecular weight is 312 g/mol. The molecule has 0 aliphatic heterocycles. The molecule has 0 saturated carbocycles. The Hall–Kier alpha value is -2.37. The molecule has 0 bridgehead atoms. The Morgan fingerprint density at radius 1 is 0.650 bits per heavy atom. The summed E-state index contributed by atoms with van der Waals surface area (Å²) in [5, 5.41) is 0. The maximum absolute atomic E-state index is 5.14. The number of nitrogen functional groups attached to an aromatic ring is 3. The molecule has 0 atom stereocenters. The average Bonchev–Trinajstić information content (AvgIpc) is 3.07. The fourth-order valence-electron chi connectivity index (χ4n) is 1.07. The Bertz CT molecular complexity index is 425. The van der Waals surface area contributed by atoms with Crippen molar-refractivity contribution in [3.63, 3.8) is 0 Å². The molecule has 0 radical (unpaired) electrons. The van der Waals surface area contributed by atoms with Gasteiger partial charge in [-0.05, 0) is 0 Å². The van der Waals surface area contributed by atoms with Gasteiger partial charge >= 0.3 is 0 Å². The molecule has 7 heteroatoms. The van der Waals surface area contributed by atoms with Crippen LogP contribution in [0.3, 0.4) is 0 Å². The van der Waals surface area contributed by atoms with E-state index in [0.29, 0.717) is 0 Å². The second-order valence-corrected chi connectivity index (χ2v) is 3.33. The van der Waals surface area contributed by atoms with E-state index in [1.807, 2.05) is 60.7 Å². The van der Waals surface area contributed by atoms with Crippen LogP contribution in [0, 0.1) is 0 Å². The van der Waals surface area contributed by atoms with Crippen molar-refractivity contribution in [1.29, 1.82) is 0 Å². The van der Waals surface area contributed by atoms with Crippen molar-refractivity contribution in [1.82, 2.24) is 15.0 Å². The zero-order valence-corrected chi connectivity index (χ0v) is 11.8. The standard InChI is InChI=1S/2C5H5.C3H6N6.Fe/c2*1-2-4-5-3-1;4-1-7-2(5)9-3(6)8-1;/h2*1-5H;(H6,4,5,6,7,8,9);/q-5;-1;;. The molecule has 0 aliphatic carbocycles. The molecule has 20 heavy (non-hydrogen) atoms. The van der Waals surface area contributed by atoms with Gasteiger partial charge in [-0.2, -0.15) is 33.2 Å². The third-order valence-electron chi connectivity index (χ3n) is 1.80. The summed E-state index contributed by atoms with van der Waals surface area (Å²) in [6.45, 7) is 0. The van der Waals surface area contributed by atoms with Crippen molar-refractivity contribution in [2.24, 2.45) is 0 Å². The van der Waals surface area contributed by atoms with Gasteiger partial charge in [0, 0.05) is 17.1 Å². The first-order chi connectivity index (χ1) is 9.18. The van der Waals surface area contributed by atoms with Gasteiger partial charge in [0.05, 0.1) is 0 Å². The molecule has 1 heterocycles. The number of hydrogen-bond donors (Lipinski definition) is 3. The first kappa shape index (κ1) is 17.6. The van der Waals surface area contributed by atoms with E-state index < -0.39 is 0 Å². The maximum atomic E-state index is 5.14. The summed E-state index contributed by atoms with van der Waals surface area (Å²) >= 11 is 0. The molecule has 3 rings (SSSR count). The second-order valence-electron chi connectivity index (χ2n) is 3.33. The van der Waals surface area contributed by atoms with Gasteiger partial charge in [-0.3, -0.25) is 0 Å². The topological polar surface area (TPSA) is 117 Å². The minimum Gasteiger partial charge on any atom is -0.748 e. The monoisotopic (exact) mass is 312 g/mol. The molecule has 1 aromatic heterocycles. The molecule has 0 unspecified atom stereocenters. The van der Waals surface area contributed by atoms with Gasteiger partial charge in [-0.25, -0.2) is 12.1 Å². The number of anilines is 3. The van der Waals surface area contributed by atoms with Crippen LogP contribution in [0.1, 0.15) is 0 Å². The maximum Gasteiger partial charge on any atom is 0.226 e. The van der Waals surface area contributed by atoms with Crippen LogP contribution in [-0.4, -0.2) is 15.0 Å². The molecule has 2 aromatic carbocycles. The summed E-state index contributed by atoms with van der Waals surface area (Å²) in [4.78, 5) is 10.5. The number of aromatic nitrogens is 3. The Morgan fingerprint density at radius 3 is 1.15 bits per heavy atom. The molecule has 6 N–H and O–H groups in total. The number of hydrogen-bond acceptors (Lipinski definition) is 6. The van der Waals surface area contributed by atoms with Crippen LogP contribution in [0.25, 0.3) is 0 Å². The van der Waals surface area contributed by atoms with Crippen molar-refractivity contribution in [3.05, 3.63) is 60.7 Å². The predicted molar refractivity (Wildman–Crippen MR) is 77.1 cm³/mol. The van der Waals surface area contributed by atoms with Crippen LogP contribution >= 0.6 is 0 Å². The summed E-state index contributed by atoms with van der Waals surface area (Å²) in [5.41, 5.74) is 15.4. The number of nitrogens with two attached hydrogens (primary N) is 3. The zero-order chi connectivity index (χ0) is 13.9. The van der Waals surface area contributed by atoms with E-state index in [1.165, 1.54) is 0 Å². The summed E-state index contributed by atoms with van der Waals surface area (Å²) in [6, 6.07) is 20.0. The molecule has 0 spiro atoms. The normalized spacial score (nSPS) is 8.20. The minimum atomic E-state index is 0. The summed E-state index contributed by atoms with van der Waals surface area (Å²) in [7, 11) is 0. The van der Waals surface area contributed by atoms with Gasteiger partial charge in [-0.15, -0.1) is 0 Å². The van der Waals surface area contributed by atoms with Crippen molar-refractivity contribution in [2.45, 2.75) is 0 Å². The fourth-order valence-corrected chi connectivity index (χ4v) is 1.07. The Morgan fingerprint density at radius 2 is 0.950 bits per heavy atom. The van der Waals surface area contributed by atoms with Crippen LogP contribution in [0.2, 0.25) is 0 Å². The zero-order valence-electron chi connectivity index (χ0n) is 10.7. The van der Waals surface area contributed by atoms with Gasteiger partial charge < -0.3 is 47.5 Å². The van der Waals surface area contributed by atoms with Crippen molar-refractivity contribution < 1.29 is 17.1 Å². The van der Waals surface area contributed by atoms with Crippen molar-refractivity contribution in [2.75, 3.05) is 17.2 Å². The summed E-state index contributed by atoms with van der Waals surface area (Å²) < 4.78 is 0. The first-order valence-corrected chi connectivity index (χ1v) is 5.54. The van der Waals surface area contributed by atoms with Crippen LogP contribution < -0.4 is 17.2 Å². The predicted octanol–water partition coefficient (Wildman–Crippen LogP) is 1.43. The Balaban J connectivity index is 0.000000282.